The van der Waals surface area contributed by atoms with Gasteiger partial charge in [-0.1, -0.05) is 123 Å². The third kappa shape index (κ3) is 5.17. The van der Waals surface area contributed by atoms with Crippen LogP contribution >= 0.6 is 11.3 Å². The summed E-state index contributed by atoms with van der Waals surface area (Å²) in [6.45, 7) is 2.26. The van der Waals surface area contributed by atoms with Crippen LogP contribution in [0.5, 0.6) is 0 Å². The zero-order chi connectivity index (χ0) is 36.5. The second kappa shape index (κ2) is 12.8. The van der Waals surface area contributed by atoms with Crippen molar-refractivity contribution in [1.29, 1.82) is 0 Å². The molecule has 0 amide bonds. The summed E-state index contributed by atoms with van der Waals surface area (Å²) in [5, 5.41) is 7.28. The summed E-state index contributed by atoms with van der Waals surface area (Å²) in [5.74, 6) is 1.86. The van der Waals surface area contributed by atoms with Crippen LogP contribution in [0.1, 0.15) is 25.3 Å². The predicted molar refractivity (Wildman–Crippen MR) is 229 cm³/mol. The summed E-state index contributed by atoms with van der Waals surface area (Å²) < 4.78 is 11.8. The van der Waals surface area contributed by atoms with Crippen molar-refractivity contribution >= 4 is 75.3 Å². The highest BCUT2D eigenvalue weighted by Gasteiger charge is 2.22. The van der Waals surface area contributed by atoms with Crippen LogP contribution in [0.15, 0.2) is 156 Å². The number of aryl methyl sites for hydroxylation is 1. The number of furan rings is 1. The predicted octanol–water partition coefficient (Wildman–Crippen LogP) is 13.6. The Morgan fingerprint density at radius 3 is 2.00 bits per heavy atom. The van der Waals surface area contributed by atoms with E-state index in [1.807, 2.05) is 72.0 Å². The first-order valence-corrected chi connectivity index (χ1v) is 19.7. The molecule has 4 aromatic heterocycles. The van der Waals surface area contributed by atoms with E-state index in [1.165, 1.54) is 60.4 Å². The zero-order valence-electron chi connectivity index (χ0n) is 30.2. The van der Waals surface area contributed by atoms with Crippen LogP contribution in [0.25, 0.3) is 104 Å². The van der Waals surface area contributed by atoms with E-state index in [0.29, 0.717) is 17.5 Å². The number of benzene rings is 7. The summed E-state index contributed by atoms with van der Waals surface area (Å²) in [6.07, 6.45) is 3.51. The van der Waals surface area contributed by atoms with Crippen molar-refractivity contribution < 1.29 is 4.42 Å². The second-order valence-corrected chi connectivity index (χ2v) is 15.3. The number of hydrogen-bond acceptors (Lipinski definition) is 5. The quantitative estimate of drug-likeness (QED) is 0.164. The first-order chi connectivity index (χ1) is 27.2. The van der Waals surface area contributed by atoms with Gasteiger partial charge in [-0.15, -0.1) is 11.3 Å². The molecule has 0 spiro atoms. The fourth-order valence-corrected chi connectivity index (χ4v) is 9.41. The van der Waals surface area contributed by atoms with Crippen molar-refractivity contribution in [3.05, 3.63) is 157 Å². The maximum atomic E-state index is 6.71. The molecular weight excluding hydrogens is 693 g/mol. The van der Waals surface area contributed by atoms with Crippen LogP contribution in [0, 0.1) is 0 Å². The van der Waals surface area contributed by atoms with Crippen LogP contribution in [0.2, 0.25) is 0 Å². The van der Waals surface area contributed by atoms with Crippen LogP contribution < -0.4 is 0 Å². The Bertz CT molecular complexity index is 3190. The molecule has 0 N–H and O–H groups in total. The zero-order valence-corrected chi connectivity index (χ0v) is 31.0. The lowest BCUT2D eigenvalue weighted by Gasteiger charge is -2.10. The minimum absolute atomic E-state index is 0.600. The van der Waals surface area contributed by atoms with Crippen LogP contribution in [0.3, 0.4) is 0 Å². The van der Waals surface area contributed by atoms with E-state index in [-0.39, 0.29) is 0 Å². The van der Waals surface area contributed by atoms with Gasteiger partial charge in [0.2, 0.25) is 0 Å². The van der Waals surface area contributed by atoms with E-state index in [0.717, 1.165) is 50.7 Å². The van der Waals surface area contributed by atoms with E-state index in [4.69, 9.17) is 19.4 Å². The minimum Gasteiger partial charge on any atom is -0.456 e. The normalized spacial score (nSPS) is 11.9. The SMILES string of the molecule is CCCCc1ccc2sc3c(ccc4c5ccccc5n(-c5cccc6oc7cc(-c8nc(-c9ccccc9)nc(-c9ccccc9)n8)ccc7c56)c43)c2c1. The fraction of sp³-hybridized carbons (Fsp3) is 0.0816. The molecule has 0 aliphatic heterocycles. The molecule has 262 valence electrons. The number of rotatable bonds is 7. The maximum absolute atomic E-state index is 6.71. The molecular formula is C49H34N4OS. The Balaban J connectivity index is 1.12. The summed E-state index contributed by atoms with van der Waals surface area (Å²) in [4.78, 5) is 14.9. The van der Waals surface area contributed by atoms with Crippen molar-refractivity contribution in [1.82, 2.24) is 19.5 Å². The van der Waals surface area contributed by atoms with E-state index < -0.39 is 0 Å². The lowest BCUT2D eigenvalue weighted by atomic mass is 10.0. The van der Waals surface area contributed by atoms with Gasteiger partial charge < -0.3 is 8.98 Å². The summed E-state index contributed by atoms with van der Waals surface area (Å²) in [6, 6.07) is 53.4. The van der Waals surface area contributed by atoms with Crippen molar-refractivity contribution in [3.8, 4) is 39.9 Å². The average Bonchev–Trinajstić information content (AvgIpc) is 3.92. The third-order valence-electron chi connectivity index (χ3n) is 10.8. The number of para-hydroxylation sites is 1. The molecule has 7 aromatic carbocycles. The van der Waals surface area contributed by atoms with Gasteiger partial charge in [0.15, 0.2) is 17.5 Å². The average molecular weight is 727 g/mol. The topological polar surface area (TPSA) is 56.7 Å². The first kappa shape index (κ1) is 31.9. The molecule has 11 rings (SSSR count). The van der Waals surface area contributed by atoms with Gasteiger partial charge in [0, 0.05) is 48.3 Å². The Kier molecular flexibility index (Phi) is 7.39. The van der Waals surface area contributed by atoms with Gasteiger partial charge in [0.25, 0.3) is 0 Å². The summed E-state index contributed by atoms with van der Waals surface area (Å²) in [5.41, 5.74) is 9.29. The Labute approximate surface area is 321 Å². The molecule has 0 unspecified atom stereocenters. The highest BCUT2D eigenvalue weighted by molar-refractivity contribution is 7.26. The molecule has 11 aromatic rings. The highest BCUT2D eigenvalue weighted by atomic mass is 32.1. The van der Waals surface area contributed by atoms with Gasteiger partial charge in [0.05, 0.1) is 26.8 Å². The van der Waals surface area contributed by atoms with Gasteiger partial charge in [-0.25, -0.2) is 15.0 Å². The van der Waals surface area contributed by atoms with Crippen LogP contribution in [0.4, 0.5) is 0 Å². The van der Waals surface area contributed by atoms with E-state index in [2.05, 4.69) is 102 Å². The monoisotopic (exact) mass is 726 g/mol. The van der Waals surface area contributed by atoms with Gasteiger partial charge in [0.1, 0.15) is 11.2 Å². The number of thiophene rings is 1. The number of hydrogen-bond donors (Lipinski definition) is 0. The summed E-state index contributed by atoms with van der Waals surface area (Å²) >= 11 is 1.89. The molecule has 0 atom stereocenters. The standard InChI is InChI=1S/C49H34N4OS/c1-2-3-13-30-22-27-43-38(28-30)36-26-25-35-34-18-10-11-19-39(34)53(45(35)46(36)55-43)40-20-12-21-41-44(40)37-24-23-33(29-42(37)54-41)49-51-47(31-14-6-4-7-15-31)50-48(52-49)32-16-8-5-9-17-32/h4-12,14-29H,2-3,13H2,1H3. The highest BCUT2D eigenvalue weighted by Crippen LogP contribution is 2.45. The molecule has 5 nitrogen and oxygen atoms in total. The Hall–Kier alpha value is -6.63. The van der Waals surface area contributed by atoms with E-state index in [9.17, 15) is 0 Å². The molecule has 0 fully saturated rings. The van der Waals surface area contributed by atoms with Gasteiger partial charge in [-0.2, -0.15) is 0 Å². The van der Waals surface area contributed by atoms with E-state index >= 15 is 0 Å². The largest absolute Gasteiger partial charge is 0.456 e. The number of nitrogens with zero attached hydrogens (tertiary/aromatic N) is 4. The molecule has 0 aliphatic carbocycles. The van der Waals surface area contributed by atoms with Crippen molar-refractivity contribution in [3.63, 3.8) is 0 Å². The van der Waals surface area contributed by atoms with Crippen molar-refractivity contribution in [2.45, 2.75) is 26.2 Å². The number of aromatic nitrogens is 4. The van der Waals surface area contributed by atoms with Crippen LogP contribution in [-0.4, -0.2) is 19.5 Å². The fourth-order valence-electron chi connectivity index (χ4n) is 8.19. The molecule has 6 heteroatoms. The second-order valence-electron chi connectivity index (χ2n) is 14.2. The molecule has 55 heavy (non-hydrogen) atoms. The first-order valence-electron chi connectivity index (χ1n) is 18.9. The molecule has 0 saturated heterocycles. The lowest BCUT2D eigenvalue weighted by molar-refractivity contribution is 0.669. The van der Waals surface area contributed by atoms with E-state index in [1.54, 1.807) is 0 Å². The molecule has 0 saturated carbocycles. The number of fused-ring (bicyclic) bond motifs is 10. The van der Waals surface area contributed by atoms with Gasteiger partial charge in [-0.05, 0) is 60.9 Å². The van der Waals surface area contributed by atoms with Crippen molar-refractivity contribution in [2.24, 2.45) is 0 Å². The minimum atomic E-state index is 0.600. The third-order valence-corrected chi connectivity index (χ3v) is 12.0. The number of unbranched alkanes of at least 4 members (excludes halogenated alkanes) is 1. The summed E-state index contributed by atoms with van der Waals surface area (Å²) in [7, 11) is 0. The van der Waals surface area contributed by atoms with Crippen molar-refractivity contribution in [2.75, 3.05) is 0 Å². The van der Waals surface area contributed by atoms with Crippen LogP contribution in [-0.2, 0) is 6.42 Å². The smallest absolute Gasteiger partial charge is 0.164 e. The van der Waals surface area contributed by atoms with Gasteiger partial charge in [-0.3, -0.25) is 0 Å². The maximum Gasteiger partial charge on any atom is 0.164 e. The molecule has 4 heterocycles. The Morgan fingerprint density at radius 1 is 0.545 bits per heavy atom. The molecule has 0 radical (unpaired) electrons. The molecule has 0 aliphatic rings. The Morgan fingerprint density at radius 2 is 1.24 bits per heavy atom. The molecule has 0 bridgehead atoms. The lowest BCUT2D eigenvalue weighted by Crippen LogP contribution is -2.00. The van der Waals surface area contributed by atoms with Gasteiger partial charge >= 0.3 is 0 Å².